The number of carbonyl (C=O) groups is 1. The number of fused-ring (bicyclic) bond motifs is 1. The summed E-state index contributed by atoms with van der Waals surface area (Å²) < 4.78 is 43.2. The normalized spacial score (nSPS) is 14.4. The van der Waals surface area contributed by atoms with E-state index in [1.807, 2.05) is 0 Å². The predicted octanol–water partition coefficient (Wildman–Crippen LogP) is 1.40. The van der Waals surface area contributed by atoms with Crippen LogP contribution in [-0.2, 0) is 17.8 Å². The van der Waals surface area contributed by atoms with Gasteiger partial charge in [0.2, 0.25) is 0 Å². The van der Waals surface area contributed by atoms with Gasteiger partial charge in [0.1, 0.15) is 5.82 Å². The molecule has 0 radical (unpaired) electrons. The first-order valence-corrected chi connectivity index (χ1v) is 5.66. The molecule has 19 heavy (non-hydrogen) atoms. The van der Waals surface area contributed by atoms with Gasteiger partial charge in [-0.1, -0.05) is 0 Å². The summed E-state index contributed by atoms with van der Waals surface area (Å²) in [6.45, 7) is -0.500. The van der Waals surface area contributed by atoms with E-state index in [0.29, 0.717) is 11.1 Å². The first kappa shape index (κ1) is 13.8. The Hall–Kier alpha value is -1.60. The SMILES string of the molecule is COC(F)(F)CNCc1cc(F)c2c(c1)C(=O)NC2. The molecular weight excluding hydrogens is 261 g/mol. The lowest BCUT2D eigenvalue weighted by molar-refractivity contribution is -0.216. The molecule has 4 nitrogen and oxygen atoms in total. The number of hydrogen-bond acceptors (Lipinski definition) is 3. The zero-order chi connectivity index (χ0) is 14.0. The monoisotopic (exact) mass is 274 g/mol. The maximum absolute atomic E-state index is 13.7. The van der Waals surface area contributed by atoms with E-state index in [4.69, 9.17) is 0 Å². The molecule has 1 aliphatic rings. The molecule has 2 N–H and O–H groups in total. The van der Waals surface area contributed by atoms with E-state index >= 15 is 0 Å². The van der Waals surface area contributed by atoms with Crippen molar-refractivity contribution in [2.24, 2.45) is 0 Å². The average Bonchev–Trinajstić information content (AvgIpc) is 2.72. The Morgan fingerprint density at radius 3 is 2.89 bits per heavy atom. The second-order valence-electron chi connectivity index (χ2n) is 4.23. The minimum absolute atomic E-state index is 0.0242. The van der Waals surface area contributed by atoms with E-state index in [0.717, 1.165) is 7.11 Å². The maximum Gasteiger partial charge on any atom is 0.367 e. The summed E-state index contributed by atoms with van der Waals surface area (Å²) in [6, 6.07) is 2.73. The Kier molecular flexibility index (Phi) is 3.77. The maximum atomic E-state index is 13.7. The molecule has 1 heterocycles. The number of benzene rings is 1. The van der Waals surface area contributed by atoms with E-state index in [9.17, 15) is 18.0 Å². The molecule has 0 fully saturated rings. The lowest BCUT2D eigenvalue weighted by Crippen LogP contribution is -2.33. The van der Waals surface area contributed by atoms with Gasteiger partial charge in [-0.15, -0.1) is 0 Å². The van der Waals surface area contributed by atoms with E-state index in [2.05, 4.69) is 15.4 Å². The Morgan fingerprint density at radius 2 is 2.21 bits per heavy atom. The molecule has 1 aromatic rings. The largest absolute Gasteiger partial charge is 0.367 e. The second-order valence-corrected chi connectivity index (χ2v) is 4.23. The van der Waals surface area contributed by atoms with Crippen LogP contribution in [0.3, 0.4) is 0 Å². The van der Waals surface area contributed by atoms with Crippen LogP contribution in [0.25, 0.3) is 0 Å². The van der Waals surface area contributed by atoms with Crippen LogP contribution < -0.4 is 10.6 Å². The minimum Gasteiger partial charge on any atom is -0.348 e. The van der Waals surface area contributed by atoms with Crippen molar-refractivity contribution in [1.29, 1.82) is 0 Å². The van der Waals surface area contributed by atoms with Gasteiger partial charge in [-0.05, 0) is 17.7 Å². The summed E-state index contributed by atoms with van der Waals surface area (Å²) in [5, 5.41) is 4.96. The number of nitrogens with one attached hydrogen (secondary N) is 2. The van der Waals surface area contributed by atoms with Crippen molar-refractivity contribution in [3.8, 4) is 0 Å². The lowest BCUT2D eigenvalue weighted by atomic mass is 10.1. The average molecular weight is 274 g/mol. The van der Waals surface area contributed by atoms with Gasteiger partial charge < -0.3 is 15.4 Å². The number of methoxy groups -OCH3 is 1. The Bertz CT molecular complexity index is 506. The van der Waals surface area contributed by atoms with Crippen molar-refractivity contribution in [3.05, 3.63) is 34.6 Å². The third-order valence-corrected chi connectivity index (χ3v) is 2.88. The van der Waals surface area contributed by atoms with Crippen LogP contribution in [0.2, 0.25) is 0 Å². The minimum atomic E-state index is -3.27. The van der Waals surface area contributed by atoms with Crippen molar-refractivity contribution in [2.75, 3.05) is 13.7 Å². The number of hydrogen-bond donors (Lipinski definition) is 2. The van der Waals surface area contributed by atoms with Crippen molar-refractivity contribution in [3.63, 3.8) is 0 Å². The topological polar surface area (TPSA) is 50.4 Å². The number of halogens is 3. The molecule has 2 rings (SSSR count). The van der Waals surface area contributed by atoms with Crippen LogP contribution in [0.4, 0.5) is 13.2 Å². The fourth-order valence-electron chi connectivity index (χ4n) is 1.87. The Balaban J connectivity index is 2.05. The van der Waals surface area contributed by atoms with Gasteiger partial charge >= 0.3 is 6.11 Å². The summed E-state index contributed by atoms with van der Waals surface area (Å²) >= 11 is 0. The molecule has 0 aliphatic carbocycles. The summed E-state index contributed by atoms with van der Waals surface area (Å²) in [7, 11) is 0.904. The molecule has 1 aliphatic heterocycles. The number of alkyl halides is 2. The van der Waals surface area contributed by atoms with Crippen LogP contribution in [0.15, 0.2) is 12.1 Å². The van der Waals surface area contributed by atoms with Gasteiger partial charge in [-0.25, -0.2) is 4.39 Å². The molecule has 0 atom stereocenters. The molecule has 0 aromatic heterocycles. The van der Waals surface area contributed by atoms with Gasteiger partial charge in [-0.2, -0.15) is 8.78 Å². The number of carbonyl (C=O) groups excluding carboxylic acids is 1. The molecule has 0 spiro atoms. The van der Waals surface area contributed by atoms with Crippen molar-refractivity contribution < 1.29 is 22.7 Å². The molecule has 1 aromatic carbocycles. The Morgan fingerprint density at radius 1 is 1.47 bits per heavy atom. The first-order valence-electron chi connectivity index (χ1n) is 5.66. The molecule has 0 saturated carbocycles. The van der Waals surface area contributed by atoms with Crippen molar-refractivity contribution >= 4 is 5.91 Å². The second kappa shape index (κ2) is 5.18. The first-order chi connectivity index (χ1) is 8.93. The summed E-state index contributed by atoms with van der Waals surface area (Å²) in [5.74, 6) is -0.857. The van der Waals surface area contributed by atoms with Crippen molar-refractivity contribution in [2.45, 2.75) is 19.2 Å². The quantitative estimate of drug-likeness (QED) is 0.853. The van der Waals surface area contributed by atoms with Crippen LogP contribution in [0, 0.1) is 5.82 Å². The molecule has 7 heteroatoms. The standard InChI is InChI=1S/C12H13F3N2O2/c1-19-12(14,15)6-16-4-7-2-8-9(10(13)3-7)5-17-11(8)18/h2-3,16H,4-6H2,1H3,(H,17,18). The molecule has 0 unspecified atom stereocenters. The van der Waals surface area contributed by atoms with E-state index in [-0.39, 0.29) is 24.6 Å². The summed E-state index contributed by atoms with van der Waals surface area (Å²) in [5.41, 5.74) is 1.01. The van der Waals surface area contributed by atoms with Crippen molar-refractivity contribution in [1.82, 2.24) is 10.6 Å². The van der Waals surface area contributed by atoms with Gasteiger partial charge in [0.05, 0.1) is 6.54 Å². The summed E-state index contributed by atoms with van der Waals surface area (Å²) in [4.78, 5) is 11.4. The fraction of sp³-hybridized carbons (Fsp3) is 0.417. The fourth-order valence-corrected chi connectivity index (χ4v) is 1.87. The Labute approximate surface area is 107 Å². The highest BCUT2D eigenvalue weighted by Crippen LogP contribution is 2.21. The van der Waals surface area contributed by atoms with E-state index < -0.39 is 18.5 Å². The lowest BCUT2D eigenvalue weighted by Gasteiger charge is -2.14. The molecule has 1 amide bonds. The third kappa shape index (κ3) is 3.05. The van der Waals surface area contributed by atoms with Gasteiger partial charge in [0, 0.05) is 31.3 Å². The molecule has 0 saturated heterocycles. The van der Waals surface area contributed by atoms with Gasteiger partial charge in [0.15, 0.2) is 0 Å². The van der Waals surface area contributed by atoms with Crippen LogP contribution in [0.1, 0.15) is 21.5 Å². The zero-order valence-corrected chi connectivity index (χ0v) is 10.2. The van der Waals surface area contributed by atoms with Gasteiger partial charge in [0.25, 0.3) is 5.91 Å². The zero-order valence-electron chi connectivity index (χ0n) is 10.2. The molecular formula is C12H13F3N2O2. The number of rotatable bonds is 5. The molecule has 0 bridgehead atoms. The highest BCUT2D eigenvalue weighted by atomic mass is 19.3. The highest BCUT2D eigenvalue weighted by molar-refractivity contribution is 5.98. The predicted molar refractivity (Wildman–Crippen MR) is 61.2 cm³/mol. The molecule has 104 valence electrons. The third-order valence-electron chi connectivity index (χ3n) is 2.88. The van der Waals surface area contributed by atoms with Gasteiger partial charge in [-0.3, -0.25) is 4.79 Å². The van der Waals surface area contributed by atoms with E-state index in [1.165, 1.54) is 12.1 Å². The van der Waals surface area contributed by atoms with Crippen LogP contribution >= 0.6 is 0 Å². The van der Waals surface area contributed by atoms with Crippen LogP contribution in [0.5, 0.6) is 0 Å². The smallest absolute Gasteiger partial charge is 0.348 e. The van der Waals surface area contributed by atoms with Crippen LogP contribution in [-0.4, -0.2) is 25.7 Å². The highest BCUT2D eigenvalue weighted by Gasteiger charge is 2.27. The summed E-state index contributed by atoms with van der Waals surface area (Å²) in [6.07, 6.45) is -3.27. The van der Waals surface area contributed by atoms with E-state index in [1.54, 1.807) is 0 Å². The number of ether oxygens (including phenoxy) is 1. The number of amides is 1.